The minimum atomic E-state index is -0.530. The molecule has 7 nitrogen and oxygen atoms in total. The molecule has 2 aromatic carbocycles. The Morgan fingerprint density at radius 2 is 2.04 bits per heavy atom. The highest BCUT2D eigenvalue weighted by Crippen LogP contribution is 2.40. The molecule has 0 aliphatic carbocycles. The highest BCUT2D eigenvalue weighted by molar-refractivity contribution is 5.91. The van der Waals surface area contributed by atoms with E-state index >= 15 is 0 Å². The summed E-state index contributed by atoms with van der Waals surface area (Å²) in [6.07, 6.45) is 0. The van der Waals surface area contributed by atoms with Crippen LogP contribution in [0.25, 0.3) is 11.1 Å². The third-order valence-electron chi connectivity index (χ3n) is 3.73. The van der Waals surface area contributed by atoms with E-state index in [0.29, 0.717) is 47.5 Å². The fraction of sp³-hybridized carbons (Fsp3) is 0.222. The Balaban J connectivity index is 1.52. The van der Waals surface area contributed by atoms with E-state index in [0.717, 1.165) is 5.52 Å². The van der Waals surface area contributed by atoms with E-state index in [1.807, 2.05) is 18.2 Å². The molecule has 0 spiro atoms. The van der Waals surface area contributed by atoms with Gasteiger partial charge in [0, 0.05) is 0 Å². The van der Waals surface area contributed by atoms with Crippen LogP contribution in [-0.2, 0) is 11.3 Å². The van der Waals surface area contributed by atoms with Crippen molar-refractivity contribution in [2.45, 2.75) is 6.61 Å². The number of nitrogens with zero attached hydrogens (tertiary/aromatic N) is 1. The largest absolute Gasteiger partial charge is 0.493 e. The molecule has 0 amide bonds. The molecule has 0 bridgehead atoms. The predicted octanol–water partition coefficient (Wildman–Crippen LogP) is 2.96. The first-order valence-electron chi connectivity index (χ1n) is 7.74. The summed E-state index contributed by atoms with van der Waals surface area (Å²) in [5.74, 6) is 1.17. The van der Waals surface area contributed by atoms with Gasteiger partial charge in [0.2, 0.25) is 11.6 Å². The standard InChI is InChI=1S/C18H15NO6/c1-21-14-8-11(9-15-17(14)23-7-6-22-15)18(20)24-10-16-19-12-4-2-3-5-13(12)25-16/h2-5,8-9H,6-7,10H2,1H3. The summed E-state index contributed by atoms with van der Waals surface area (Å²) in [7, 11) is 1.50. The molecule has 0 unspecified atom stereocenters. The summed E-state index contributed by atoms with van der Waals surface area (Å²) in [4.78, 5) is 16.6. The maximum Gasteiger partial charge on any atom is 0.338 e. The predicted molar refractivity (Wildman–Crippen MR) is 87.1 cm³/mol. The molecule has 7 heteroatoms. The molecule has 25 heavy (non-hydrogen) atoms. The van der Waals surface area contributed by atoms with Crippen molar-refractivity contribution in [3.05, 3.63) is 47.9 Å². The molecule has 0 fully saturated rings. The lowest BCUT2D eigenvalue weighted by Crippen LogP contribution is -2.17. The van der Waals surface area contributed by atoms with Gasteiger partial charge in [0.1, 0.15) is 18.7 Å². The van der Waals surface area contributed by atoms with Gasteiger partial charge in [0.25, 0.3) is 0 Å². The number of rotatable bonds is 4. The molecule has 4 rings (SSSR count). The molecule has 1 aliphatic heterocycles. The smallest absolute Gasteiger partial charge is 0.338 e. The Kier molecular flexibility index (Phi) is 3.89. The van der Waals surface area contributed by atoms with Crippen LogP contribution in [0.1, 0.15) is 16.2 Å². The van der Waals surface area contributed by atoms with Gasteiger partial charge in [0.05, 0.1) is 12.7 Å². The first-order chi connectivity index (χ1) is 12.2. The Hall–Kier alpha value is -3.22. The average molecular weight is 341 g/mol. The van der Waals surface area contributed by atoms with E-state index in [9.17, 15) is 4.79 Å². The zero-order valence-corrected chi connectivity index (χ0v) is 13.5. The number of carbonyl (C=O) groups excluding carboxylic acids is 1. The molecule has 0 saturated heterocycles. The zero-order valence-electron chi connectivity index (χ0n) is 13.5. The van der Waals surface area contributed by atoms with Gasteiger partial charge in [-0.05, 0) is 24.3 Å². The van der Waals surface area contributed by atoms with Gasteiger partial charge in [-0.1, -0.05) is 12.1 Å². The van der Waals surface area contributed by atoms with E-state index in [1.165, 1.54) is 7.11 Å². The topological polar surface area (TPSA) is 80.0 Å². The van der Waals surface area contributed by atoms with E-state index in [1.54, 1.807) is 18.2 Å². The van der Waals surface area contributed by atoms with Crippen LogP contribution in [0.4, 0.5) is 0 Å². The second-order valence-corrected chi connectivity index (χ2v) is 5.35. The lowest BCUT2D eigenvalue weighted by Gasteiger charge is -2.21. The van der Waals surface area contributed by atoms with E-state index < -0.39 is 5.97 Å². The SMILES string of the molecule is COc1cc(C(=O)OCc2nc3ccccc3o2)cc2c1OCCO2. The maximum atomic E-state index is 12.3. The molecule has 3 aromatic rings. The van der Waals surface area contributed by atoms with Gasteiger partial charge in [-0.15, -0.1) is 0 Å². The van der Waals surface area contributed by atoms with Gasteiger partial charge in [-0.3, -0.25) is 0 Å². The minimum absolute atomic E-state index is 0.0652. The normalized spacial score (nSPS) is 12.8. The van der Waals surface area contributed by atoms with E-state index in [-0.39, 0.29) is 6.61 Å². The van der Waals surface area contributed by atoms with Crippen molar-refractivity contribution in [1.29, 1.82) is 0 Å². The molecular formula is C18H15NO6. The van der Waals surface area contributed by atoms with Crippen LogP contribution >= 0.6 is 0 Å². The quantitative estimate of drug-likeness (QED) is 0.675. The summed E-state index contributed by atoms with van der Waals surface area (Å²) in [5, 5.41) is 0. The maximum absolute atomic E-state index is 12.3. The monoisotopic (exact) mass is 341 g/mol. The van der Waals surface area contributed by atoms with Crippen molar-refractivity contribution in [3.8, 4) is 17.2 Å². The number of para-hydroxylation sites is 2. The Morgan fingerprint density at radius 1 is 1.20 bits per heavy atom. The summed E-state index contributed by atoms with van der Waals surface area (Å²) >= 11 is 0. The fourth-order valence-corrected chi connectivity index (χ4v) is 2.58. The molecule has 1 aromatic heterocycles. The lowest BCUT2D eigenvalue weighted by molar-refractivity contribution is 0.0438. The van der Waals surface area contributed by atoms with Crippen molar-refractivity contribution in [3.63, 3.8) is 0 Å². The van der Waals surface area contributed by atoms with Crippen molar-refractivity contribution < 1.29 is 28.2 Å². The molecule has 0 saturated carbocycles. The molecule has 2 heterocycles. The van der Waals surface area contributed by atoms with Gasteiger partial charge >= 0.3 is 5.97 Å². The highest BCUT2D eigenvalue weighted by atomic mass is 16.6. The van der Waals surface area contributed by atoms with Gasteiger partial charge in [-0.2, -0.15) is 0 Å². The summed E-state index contributed by atoms with van der Waals surface area (Å²) in [6, 6.07) is 10.5. The Bertz CT molecular complexity index is 882. The van der Waals surface area contributed by atoms with Crippen LogP contribution in [0.2, 0.25) is 0 Å². The van der Waals surface area contributed by atoms with Crippen molar-refractivity contribution in [2.75, 3.05) is 20.3 Å². The van der Waals surface area contributed by atoms with Crippen molar-refractivity contribution >= 4 is 17.1 Å². The van der Waals surface area contributed by atoms with Crippen LogP contribution < -0.4 is 14.2 Å². The molecule has 0 N–H and O–H groups in total. The average Bonchev–Trinajstić information content (AvgIpc) is 3.08. The summed E-state index contributed by atoms with van der Waals surface area (Å²) < 4.78 is 27.1. The van der Waals surface area contributed by atoms with Crippen LogP contribution in [-0.4, -0.2) is 31.3 Å². The van der Waals surface area contributed by atoms with E-state index in [2.05, 4.69) is 4.98 Å². The number of methoxy groups -OCH3 is 1. The number of carbonyl (C=O) groups is 1. The second-order valence-electron chi connectivity index (χ2n) is 5.35. The number of oxazole rings is 1. The molecule has 1 aliphatic rings. The zero-order chi connectivity index (χ0) is 17.2. The number of esters is 1. The second kappa shape index (κ2) is 6.35. The Labute approximate surface area is 143 Å². The van der Waals surface area contributed by atoms with Crippen molar-refractivity contribution in [1.82, 2.24) is 4.98 Å². The Morgan fingerprint density at radius 3 is 2.88 bits per heavy atom. The first-order valence-corrected chi connectivity index (χ1v) is 7.74. The number of aromatic nitrogens is 1. The van der Waals surface area contributed by atoms with Gasteiger partial charge < -0.3 is 23.4 Å². The molecular weight excluding hydrogens is 326 g/mol. The van der Waals surface area contributed by atoms with Crippen LogP contribution in [0.15, 0.2) is 40.8 Å². The van der Waals surface area contributed by atoms with Crippen LogP contribution in [0.5, 0.6) is 17.2 Å². The third kappa shape index (κ3) is 2.96. The van der Waals surface area contributed by atoms with Gasteiger partial charge in [-0.25, -0.2) is 9.78 Å². The van der Waals surface area contributed by atoms with E-state index in [4.69, 9.17) is 23.4 Å². The number of hydrogen-bond donors (Lipinski definition) is 0. The third-order valence-corrected chi connectivity index (χ3v) is 3.73. The van der Waals surface area contributed by atoms with Crippen molar-refractivity contribution in [2.24, 2.45) is 0 Å². The summed E-state index contributed by atoms with van der Waals surface area (Å²) in [6.45, 7) is 0.784. The molecule has 0 atom stereocenters. The van der Waals surface area contributed by atoms with Crippen LogP contribution in [0, 0.1) is 0 Å². The first kappa shape index (κ1) is 15.3. The number of benzene rings is 2. The van der Waals surface area contributed by atoms with Gasteiger partial charge in [0.15, 0.2) is 23.7 Å². The fourth-order valence-electron chi connectivity index (χ4n) is 2.58. The van der Waals surface area contributed by atoms with Crippen LogP contribution in [0.3, 0.4) is 0 Å². The lowest BCUT2D eigenvalue weighted by atomic mass is 10.1. The number of hydrogen-bond acceptors (Lipinski definition) is 7. The minimum Gasteiger partial charge on any atom is -0.493 e. The number of ether oxygens (including phenoxy) is 4. The number of fused-ring (bicyclic) bond motifs is 2. The highest BCUT2D eigenvalue weighted by Gasteiger charge is 2.22. The molecule has 0 radical (unpaired) electrons. The summed E-state index contributed by atoms with van der Waals surface area (Å²) in [5.41, 5.74) is 1.67. The molecule has 128 valence electrons.